The first-order valence-electron chi connectivity index (χ1n) is 6.76. The summed E-state index contributed by atoms with van der Waals surface area (Å²) in [6, 6.07) is 1.70. The molecule has 1 fully saturated rings. The van der Waals surface area contributed by atoms with Crippen LogP contribution in [-0.2, 0) is 20.6 Å². The van der Waals surface area contributed by atoms with E-state index >= 15 is 0 Å². The molecule has 0 aliphatic carbocycles. The summed E-state index contributed by atoms with van der Waals surface area (Å²) in [5, 5.41) is 0. The molecule has 0 N–H and O–H groups in total. The molecule has 1 unspecified atom stereocenters. The van der Waals surface area contributed by atoms with Crippen LogP contribution in [0.3, 0.4) is 0 Å². The van der Waals surface area contributed by atoms with Crippen molar-refractivity contribution in [1.29, 1.82) is 0 Å². The standard InChI is InChI=1S/C13H20ClNO3S2/c1-3-18-11-5-4-6-15(9-11)20(16,17)13-7-12(8-14)19-10(13)2/h7,11H,3-6,8-9H2,1-2H3. The Labute approximate surface area is 129 Å². The van der Waals surface area contributed by atoms with Crippen molar-refractivity contribution in [2.75, 3.05) is 19.7 Å². The van der Waals surface area contributed by atoms with E-state index in [-0.39, 0.29) is 6.10 Å². The Hall–Kier alpha value is -0.140. The summed E-state index contributed by atoms with van der Waals surface area (Å²) in [6.07, 6.45) is 1.78. The van der Waals surface area contributed by atoms with Gasteiger partial charge in [0.1, 0.15) is 0 Å². The second-order valence-electron chi connectivity index (χ2n) is 4.85. The second kappa shape index (κ2) is 6.75. The molecule has 1 aromatic rings. The molecule has 0 amide bonds. The summed E-state index contributed by atoms with van der Waals surface area (Å²) in [5.41, 5.74) is 0. The molecule has 0 radical (unpaired) electrons. The number of hydrogen-bond donors (Lipinski definition) is 0. The van der Waals surface area contributed by atoms with E-state index in [1.807, 2.05) is 13.8 Å². The van der Waals surface area contributed by atoms with Gasteiger partial charge in [-0.05, 0) is 32.8 Å². The Balaban J connectivity index is 2.22. The summed E-state index contributed by atoms with van der Waals surface area (Å²) in [4.78, 5) is 2.09. The maximum atomic E-state index is 12.7. The van der Waals surface area contributed by atoms with Gasteiger partial charge in [0.25, 0.3) is 0 Å². The van der Waals surface area contributed by atoms with Crippen molar-refractivity contribution >= 4 is 33.0 Å². The lowest BCUT2D eigenvalue weighted by Gasteiger charge is -2.31. The molecule has 1 aromatic heterocycles. The third kappa shape index (κ3) is 3.36. The van der Waals surface area contributed by atoms with Crippen LogP contribution in [0, 0.1) is 6.92 Å². The van der Waals surface area contributed by atoms with Crippen molar-refractivity contribution in [3.8, 4) is 0 Å². The minimum atomic E-state index is -3.43. The van der Waals surface area contributed by atoms with E-state index in [9.17, 15) is 8.42 Å². The molecule has 1 saturated heterocycles. The minimum Gasteiger partial charge on any atom is -0.377 e. The van der Waals surface area contributed by atoms with Gasteiger partial charge in [0, 0.05) is 29.5 Å². The Bertz CT molecular complexity index is 554. The first-order valence-corrected chi connectivity index (χ1v) is 9.55. The van der Waals surface area contributed by atoms with Crippen LogP contribution in [0.2, 0.25) is 0 Å². The van der Waals surface area contributed by atoms with Crippen molar-refractivity contribution in [1.82, 2.24) is 4.31 Å². The van der Waals surface area contributed by atoms with Crippen molar-refractivity contribution < 1.29 is 13.2 Å². The fourth-order valence-electron chi connectivity index (χ4n) is 2.48. The lowest BCUT2D eigenvalue weighted by atomic mass is 10.1. The van der Waals surface area contributed by atoms with Crippen molar-refractivity contribution in [2.24, 2.45) is 0 Å². The molecule has 4 nitrogen and oxygen atoms in total. The molecule has 0 spiro atoms. The van der Waals surface area contributed by atoms with Crippen LogP contribution in [0.15, 0.2) is 11.0 Å². The topological polar surface area (TPSA) is 46.6 Å². The molecule has 2 rings (SSSR count). The van der Waals surface area contributed by atoms with Gasteiger partial charge in [0.2, 0.25) is 10.0 Å². The lowest BCUT2D eigenvalue weighted by molar-refractivity contribution is 0.0265. The minimum absolute atomic E-state index is 0.00923. The van der Waals surface area contributed by atoms with Crippen LogP contribution < -0.4 is 0 Å². The number of thiophene rings is 1. The molecule has 20 heavy (non-hydrogen) atoms. The molecular formula is C13H20ClNO3S2. The number of nitrogens with zero attached hydrogens (tertiary/aromatic N) is 1. The Morgan fingerprint density at radius 3 is 2.90 bits per heavy atom. The SMILES string of the molecule is CCOC1CCCN(S(=O)(=O)c2cc(CCl)sc2C)C1. The van der Waals surface area contributed by atoms with Crippen molar-refractivity contribution in [3.05, 3.63) is 15.8 Å². The molecule has 0 saturated carbocycles. The molecule has 0 aromatic carbocycles. The maximum absolute atomic E-state index is 12.7. The predicted octanol–water partition coefficient (Wildman–Crippen LogP) is 2.98. The highest BCUT2D eigenvalue weighted by Crippen LogP contribution is 2.30. The predicted molar refractivity (Wildman–Crippen MR) is 82.0 cm³/mol. The van der Waals surface area contributed by atoms with Crippen molar-refractivity contribution in [2.45, 2.75) is 43.6 Å². The van der Waals surface area contributed by atoms with Gasteiger partial charge in [0.05, 0.1) is 16.9 Å². The average molecular weight is 338 g/mol. The van der Waals surface area contributed by atoms with Gasteiger partial charge >= 0.3 is 0 Å². The fourth-order valence-corrected chi connectivity index (χ4v) is 5.69. The Kier molecular flexibility index (Phi) is 5.48. The summed E-state index contributed by atoms with van der Waals surface area (Å²) >= 11 is 7.24. The molecule has 1 aliphatic heterocycles. The monoisotopic (exact) mass is 337 g/mol. The first-order chi connectivity index (χ1) is 9.48. The number of piperidine rings is 1. The Morgan fingerprint density at radius 1 is 1.55 bits per heavy atom. The smallest absolute Gasteiger partial charge is 0.244 e. The number of hydrogen-bond acceptors (Lipinski definition) is 4. The van der Waals surface area contributed by atoms with Crippen LogP contribution >= 0.6 is 22.9 Å². The number of sulfonamides is 1. The third-order valence-electron chi connectivity index (χ3n) is 3.42. The van der Waals surface area contributed by atoms with E-state index in [4.69, 9.17) is 16.3 Å². The van der Waals surface area contributed by atoms with Crippen LogP contribution in [0.4, 0.5) is 0 Å². The lowest BCUT2D eigenvalue weighted by Crippen LogP contribution is -2.43. The number of alkyl halides is 1. The van der Waals surface area contributed by atoms with Gasteiger partial charge in [0.15, 0.2) is 0 Å². The van der Waals surface area contributed by atoms with Crippen LogP contribution in [0.5, 0.6) is 0 Å². The molecule has 7 heteroatoms. The zero-order valence-electron chi connectivity index (χ0n) is 11.8. The van der Waals surface area contributed by atoms with Gasteiger partial charge in [-0.3, -0.25) is 0 Å². The van der Waals surface area contributed by atoms with E-state index in [2.05, 4.69) is 0 Å². The fraction of sp³-hybridized carbons (Fsp3) is 0.692. The normalized spacial score (nSPS) is 21.2. The van der Waals surface area contributed by atoms with E-state index in [0.29, 0.717) is 30.5 Å². The van der Waals surface area contributed by atoms with Crippen molar-refractivity contribution in [3.63, 3.8) is 0 Å². The van der Waals surface area contributed by atoms with Crippen LogP contribution in [0.25, 0.3) is 0 Å². The maximum Gasteiger partial charge on any atom is 0.244 e. The molecule has 2 heterocycles. The number of halogens is 1. The summed E-state index contributed by atoms with van der Waals surface area (Å²) in [7, 11) is -3.43. The molecule has 114 valence electrons. The van der Waals surface area contributed by atoms with E-state index in [0.717, 1.165) is 22.6 Å². The van der Waals surface area contributed by atoms with Gasteiger partial charge in [-0.15, -0.1) is 22.9 Å². The highest BCUT2D eigenvalue weighted by atomic mass is 35.5. The zero-order valence-corrected chi connectivity index (χ0v) is 14.2. The summed E-state index contributed by atoms with van der Waals surface area (Å²) in [6.45, 7) is 5.40. The van der Waals surface area contributed by atoms with Gasteiger partial charge in [-0.1, -0.05) is 0 Å². The average Bonchev–Trinajstić information content (AvgIpc) is 2.81. The number of ether oxygens (including phenoxy) is 1. The zero-order chi connectivity index (χ0) is 14.8. The largest absolute Gasteiger partial charge is 0.377 e. The quantitative estimate of drug-likeness (QED) is 0.776. The molecule has 0 bridgehead atoms. The van der Waals surface area contributed by atoms with E-state index in [1.54, 1.807) is 10.4 Å². The number of rotatable bonds is 5. The van der Waals surface area contributed by atoms with Gasteiger partial charge in [-0.25, -0.2) is 8.42 Å². The molecule has 1 atom stereocenters. The number of aryl methyl sites for hydroxylation is 1. The van der Waals surface area contributed by atoms with E-state index < -0.39 is 10.0 Å². The molecule has 1 aliphatic rings. The highest BCUT2D eigenvalue weighted by Gasteiger charge is 2.32. The summed E-state index contributed by atoms with van der Waals surface area (Å²) in [5.74, 6) is 0.350. The highest BCUT2D eigenvalue weighted by molar-refractivity contribution is 7.89. The Morgan fingerprint density at radius 2 is 2.30 bits per heavy atom. The second-order valence-corrected chi connectivity index (χ2v) is 8.36. The molecular weight excluding hydrogens is 318 g/mol. The van der Waals surface area contributed by atoms with Gasteiger partial charge in [-0.2, -0.15) is 4.31 Å². The first kappa shape index (κ1) is 16.2. The van der Waals surface area contributed by atoms with Crippen LogP contribution in [0.1, 0.15) is 29.5 Å². The van der Waals surface area contributed by atoms with E-state index in [1.165, 1.54) is 11.3 Å². The third-order valence-corrected chi connectivity index (χ3v) is 7.03. The van der Waals surface area contributed by atoms with Gasteiger partial charge < -0.3 is 4.74 Å². The van der Waals surface area contributed by atoms with Crippen LogP contribution in [-0.4, -0.2) is 38.5 Å². The summed E-state index contributed by atoms with van der Waals surface area (Å²) < 4.78 is 32.6.